The lowest BCUT2D eigenvalue weighted by molar-refractivity contribution is -0.116. The van der Waals surface area contributed by atoms with E-state index >= 15 is 0 Å². The Kier molecular flexibility index (Phi) is 6.83. The maximum atomic E-state index is 12.6. The number of methoxy groups -OCH3 is 1. The van der Waals surface area contributed by atoms with Gasteiger partial charge in [-0.1, -0.05) is 23.8 Å². The van der Waals surface area contributed by atoms with Crippen molar-refractivity contribution < 1.29 is 23.9 Å². The molecule has 0 radical (unpaired) electrons. The number of ether oxygens (including phenoxy) is 1. The number of nitrogens with one attached hydrogen (secondary N) is 1. The number of amides is 3. The summed E-state index contributed by atoms with van der Waals surface area (Å²) in [5.74, 6) is -0.599. The van der Waals surface area contributed by atoms with E-state index in [9.17, 15) is 19.2 Å². The van der Waals surface area contributed by atoms with Crippen LogP contribution in [0.4, 0.5) is 5.13 Å². The SMILES string of the molecule is COc1ccc(C)cc1C(=O)CCC(=O)Nc1ncc(CCN2C(=O)c3ccccc3C2=O)s1. The second-order valence-electron chi connectivity index (χ2n) is 7.86. The molecule has 1 aliphatic heterocycles. The summed E-state index contributed by atoms with van der Waals surface area (Å²) in [5.41, 5.74) is 2.23. The molecule has 3 amide bonds. The summed E-state index contributed by atoms with van der Waals surface area (Å²) in [4.78, 5) is 56.1. The number of nitrogens with zero attached hydrogens (tertiary/aromatic N) is 2. The van der Waals surface area contributed by atoms with Crippen molar-refractivity contribution in [3.63, 3.8) is 0 Å². The number of imide groups is 1. The van der Waals surface area contributed by atoms with E-state index in [0.717, 1.165) is 10.4 Å². The molecule has 3 aromatic rings. The fourth-order valence-electron chi connectivity index (χ4n) is 3.73. The second kappa shape index (κ2) is 9.96. The number of fused-ring (bicyclic) bond motifs is 1. The molecule has 0 atom stereocenters. The third-order valence-corrected chi connectivity index (χ3v) is 6.47. The van der Waals surface area contributed by atoms with Crippen LogP contribution in [0.15, 0.2) is 48.7 Å². The molecule has 9 heteroatoms. The van der Waals surface area contributed by atoms with E-state index in [0.29, 0.717) is 34.0 Å². The average molecular weight is 478 g/mol. The zero-order valence-electron chi connectivity index (χ0n) is 18.8. The summed E-state index contributed by atoms with van der Waals surface area (Å²) < 4.78 is 5.24. The summed E-state index contributed by atoms with van der Waals surface area (Å²) >= 11 is 1.27. The average Bonchev–Trinajstić information content (AvgIpc) is 3.38. The van der Waals surface area contributed by atoms with E-state index < -0.39 is 0 Å². The van der Waals surface area contributed by atoms with Crippen molar-refractivity contribution in [2.24, 2.45) is 0 Å². The van der Waals surface area contributed by atoms with Crippen molar-refractivity contribution in [2.45, 2.75) is 26.2 Å². The number of aromatic nitrogens is 1. The number of ketones is 1. The van der Waals surface area contributed by atoms with Gasteiger partial charge in [0, 0.05) is 36.9 Å². The fourth-order valence-corrected chi connectivity index (χ4v) is 4.55. The molecule has 0 aliphatic carbocycles. The van der Waals surface area contributed by atoms with Crippen LogP contribution in [0.3, 0.4) is 0 Å². The molecule has 2 heterocycles. The smallest absolute Gasteiger partial charge is 0.261 e. The normalized spacial score (nSPS) is 12.6. The Morgan fingerprint density at radius 2 is 1.76 bits per heavy atom. The standard InChI is InChI=1S/C25H23N3O5S/c1-15-7-9-21(33-2)19(13-15)20(29)8-10-22(30)27-25-26-14-16(34-25)11-12-28-23(31)17-5-3-4-6-18(17)24(28)32/h3-7,9,13-14H,8,10-12H2,1-2H3,(H,26,27,30). The predicted molar refractivity (Wildman–Crippen MR) is 128 cm³/mol. The van der Waals surface area contributed by atoms with Gasteiger partial charge in [-0.3, -0.25) is 24.1 Å². The zero-order chi connectivity index (χ0) is 24.2. The van der Waals surface area contributed by atoms with Crippen LogP contribution in [0, 0.1) is 6.92 Å². The zero-order valence-corrected chi connectivity index (χ0v) is 19.6. The van der Waals surface area contributed by atoms with Crippen LogP contribution in [-0.4, -0.2) is 47.0 Å². The fraction of sp³-hybridized carbons (Fsp3) is 0.240. The first kappa shape index (κ1) is 23.3. The molecule has 1 aliphatic rings. The number of anilines is 1. The Hall–Kier alpha value is -3.85. The molecule has 0 fully saturated rings. The van der Waals surface area contributed by atoms with Gasteiger partial charge in [-0.2, -0.15) is 0 Å². The predicted octanol–water partition coefficient (Wildman–Crippen LogP) is 3.90. The molecule has 0 saturated heterocycles. The summed E-state index contributed by atoms with van der Waals surface area (Å²) in [6, 6.07) is 12.1. The van der Waals surface area contributed by atoms with Crippen molar-refractivity contribution in [1.82, 2.24) is 9.88 Å². The van der Waals surface area contributed by atoms with Gasteiger partial charge in [0.25, 0.3) is 11.8 Å². The lowest BCUT2D eigenvalue weighted by Gasteiger charge is -2.12. The maximum absolute atomic E-state index is 12.6. The first-order chi connectivity index (χ1) is 16.4. The van der Waals surface area contributed by atoms with E-state index in [2.05, 4.69) is 10.3 Å². The molecule has 8 nitrogen and oxygen atoms in total. The number of hydrogen-bond donors (Lipinski definition) is 1. The Bertz CT molecular complexity index is 1250. The number of carbonyl (C=O) groups is 4. The molecule has 0 spiro atoms. The van der Waals surface area contributed by atoms with E-state index in [-0.39, 0.29) is 42.9 Å². The molecule has 174 valence electrons. The Morgan fingerprint density at radius 3 is 2.44 bits per heavy atom. The Balaban J connectivity index is 1.28. The molecule has 1 N–H and O–H groups in total. The molecule has 34 heavy (non-hydrogen) atoms. The minimum atomic E-state index is -0.318. The van der Waals surface area contributed by atoms with Crippen LogP contribution in [0.1, 0.15) is 54.4 Å². The number of carbonyl (C=O) groups excluding carboxylic acids is 4. The van der Waals surface area contributed by atoms with Crippen molar-refractivity contribution >= 4 is 40.0 Å². The van der Waals surface area contributed by atoms with E-state index in [1.807, 2.05) is 13.0 Å². The van der Waals surface area contributed by atoms with Gasteiger partial charge in [0.05, 0.1) is 23.8 Å². The summed E-state index contributed by atoms with van der Waals surface area (Å²) in [6.07, 6.45) is 2.11. The topological polar surface area (TPSA) is 106 Å². The highest BCUT2D eigenvalue weighted by Crippen LogP contribution is 2.25. The highest BCUT2D eigenvalue weighted by atomic mass is 32.1. The van der Waals surface area contributed by atoms with Crippen molar-refractivity contribution in [2.75, 3.05) is 19.0 Å². The van der Waals surface area contributed by atoms with Gasteiger partial charge in [-0.25, -0.2) is 4.98 Å². The second-order valence-corrected chi connectivity index (χ2v) is 8.98. The van der Waals surface area contributed by atoms with Crippen LogP contribution in [0.2, 0.25) is 0 Å². The van der Waals surface area contributed by atoms with Gasteiger partial charge in [-0.15, -0.1) is 11.3 Å². The minimum absolute atomic E-state index is 0.0138. The van der Waals surface area contributed by atoms with Gasteiger partial charge < -0.3 is 10.1 Å². The van der Waals surface area contributed by atoms with Gasteiger partial charge in [-0.05, 0) is 31.2 Å². The maximum Gasteiger partial charge on any atom is 0.261 e. The molecule has 0 saturated carbocycles. The minimum Gasteiger partial charge on any atom is -0.496 e. The van der Waals surface area contributed by atoms with Crippen LogP contribution in [-0.2, 0) is 11.2 Å². The Labute approximate surface area is 200 Å². The first-order valence-corrected chi connectivity index (χ1v) is 11.6. The molecule has 1 aromatic heterocycles. The van der Waals surface area contributed by atoms with Gasteiger partial charge >= 0.3 is 0 Å². The lowest BCUT2D eigenvalue weighted by Crippen LogP contribution is -2.31. The summed E-state index contributed by atoms with van der Waals surface area (Å²) in [5, 5.41) is 3.11. The van der Waals surface area contributed by atoms with Gasteiger partial charge in [0.15, 0.2) is 10.9 Å². The van der Waals surface area contributed by atoms with Crippen LogP contribution in [0.5, 0.6) is 5.75 Å². The number of aryl methyl sites for hydroxylation is 1. The molecule has 4 rings (SSSR count). The van der Waals surface area contributed by atoms with Crippen molar-refractivity contribution in [3.05, 3.63) is 75.8 Å². The molecular formula is C25H23N3O5S. The van der Waals surface area contributed by atoms with E-state index in [1.54, 1.807) is 42.6 Å². The number of Topliss-reactive ketones (excluding diaryl/α,β-unsaturated/α-hetero) is 1. The number of thiazole rings is 1. The molecule has 2 aromatic carbocycles. The lowest BCUT2D eigenvalue weighted by atomic mass is 10.0. The quantitative estimate of drug-likeness (QED) is 0.370. The summed E-state index contributed by atoms with van der Waals surface area (Å²) in [6.45, 7) is 2.12. The number of rotatable bonds is 9. The van der Waals surface area contributed by atoms with Gasteiger partial charge in [0.1, 0.15) is 5.75 Å². The highest BCUT2D eigenvalue weighted by molar-refractivity contribution is 7.15. The van der Waals surface area contributed by atoms with Crippen LogP contribution < -0.4 is 10.1 Å². The van der Waals surface area contributed by atoms with E-state index in [1.165, 1.54) is 23.3 Å². The third kappa shape index (κ3) is 4.89. The van der Waals surface area contributed by atoms with Crippen LogP contribution >= 0.6 is 11.3 Å². The third-order valence-electron chi connectivity index (χ3n) is 5.49. The Morgan fingerprint density at radius 1 is 1.06 bits per heavy atom. The first-order valence-electron chi connectivity index (χ1n) is 10.7. The monoisotopic (exact) mass is 477 g/mol. The largest absolute Gasteiger partial charge is 0.496 e. The van der Waals surface area contributed by atoms with Crippen molar-refractivity contribution in [3.8, 4) is 5.75 Å². The van der Waals surface area contributed by atoms with E-state index in [4.69, 9.17) is 4.74 Å². The van der Waals surface area contributed by atoms with Crippen LogP contribution in [0.25, 0.3) is 0 Å². The summed E-state index contributed by atoms with van der Waals surface area (Å²) in [7, 11) is 1.50. The molecule has 0 unspecified atom stereocenters. The highest BCUT2D eigenvalue weighted by Gasteiger charge is 2.34. The van der Waals surface area contributed by atoms with Crippen molar-refractivity contribution in [1.29, 1.82) is 0 Å². The number of hydrogen-bond acceptors (Lipinski definition) is 7. The molecular weight excluding hydrogens is 454 g/mol. The van der Waals surface area contributed by atoms with Gasteiger partial charge in [0.2, 0.25) is 5.91 Å². The number of benzene rings is 2. The molecule has 0 bridgehead atoms.